The Labute approximate surface area is 76.7 Å². The minimum atomic E-state index is 0.461. The first-order chi connectivity index (χ1) is 5.62. The quantitative estimate of drug-likeness (QED) is 0.673. The highest BCUT2D eigenvalue weighted by atomic mass is 14.7. The van der Waals surface area contributed by atoms with Crippen molar-refractivity contribution in [2.75, 3.05) is 0 Å². The van der Waals surface area contributed by atoms with Gasteiger partial charge in [-0.1, -0.05) is 33.6 Å². The molecule has 0 aliphatic heterocycles. The molecule has 72 valence electrons. The topological polar surface area (TPSA) is 26.0 Å². The van der Waals surface area contributed by atoms with Crippen LogP contribution >= 0.6 is 0 Å². The maximum absolute atomic E-state index is 6.17. The minimum absolute atomic E-state index is 0.461. The lowest BCUT2D eigenvalue weighted by atomic mass is 9.87. The maximum atomic E-state index is 6.17. The Morgan fingerprint density at radius 2 is 1.75 bits per heavy atom. The summed E-state index contributed by atoms with van der Waals surface area (Å²) in [5, 5.41) is 0. The van der Waals surface area contributed by atoms with Gasteiger partial charge in [0.05, 0.1) is 0 Å². The summed E-state index contributed by atoms with van der Waals surface area (Å²) in [6.07, 6.45) is 6.53. The third-order valence-electron chi connectivity index (χ3n) is 3.68. The summed E-state index contributed by atoms with van der Waals surface area (Å²) in [6, 6.07) is 0.461. The highest BCUT2D eigenvalue weighted by Gasteiger charge is 2.43. The van der Waals surface area contributed by atoms with Gasteiger partial charge in [-0.15, -0.1) is 0 Å². The van der Waals surface area contributed by atoms with Crippen molar-refractivity contribution < 1.29 is 0 Å². The van der Waals surface area contributed by atoms with E-state index in [0.29, 0.717) is 11.5 Å². The predicted octanol–water partition coefficient (Wildman–Crippen LogP) is 2.94. The van der Waals surface area contributed by atoms with Crippen LogP contribution in [0.25, 0.3) is 0 Å². The smallest absolute Gasteiger partial charge is 0.00955 e. The highest BCUT2D eigenvalue weighted by molar-refractivity contribution is 4.97. The molecule has 1 atom stereocenters. The van der Waals surface area contributed by atoms with E-state index in [1.807, 2.05) is 0 Å². The van der Waals surface area contributed by atoms with E-state index < -0.39 is 0 Å². The van der Waals surface area contributed by atoms with Crippen LogP contribution in [0, 0.1) is 11.3 Å². The zero-order valence-corrected chi connectivity index (χ0v) is 8.77. The molecule has 0 aromatic rings. The molecule has 1 aliphatic rings. The van der Waals surface area contributed by atoms with Gasteiger partial charge >= 0.3 is 0 Å². The standard InChI is InChI=1S/C11H23N/c1-4-9(5-2)8-10(12)11(3)6-7-11/h9-10H,4-8,12H2,1-3H3. The summed E-state index contributed by atoms with van der Waals surface area (Å²) in [5.74, 6) is 0.859. The predicted molar refractivity (Wildman–Crippen MR) is 54.0 cm³/mol. The number of rotatable bonds is 5. The summed E-state index contributed by atoms with van der Waals surface area (Å²) in [5.41, 5.74) is 6.68. The molecule has 0 radical (unpaired) electrons. The highest BCUT2D eigenvalue weighted by Crippen LogP contribution is 2.49. The van der Waals surface area contributed by atoms with E-state index in [1.165, 1.54) is 32.1 Å². The Hall–Kier alpha value is -0.0400. The third-order valence-corrected chi connectivity index (χ3v) is 3.68. The van der Waals surface area contributed by atoms with Crippen LogP contribution in [0.5, 0.6) is 0 Å². The van der Waals surface area contributed by atoms with Gasteiger partial charge in [0.2, 0.25) is 0 Å². The summed E-state index contributed by atoms with van der Waals surface area (Å²) in [7, 11) is 0. The zero-order valence-electron chi connectivity index (χ0n) is 8.77. The van der Waals surface area contributed by atoms with E-state index in [0.717, 1.165) is 5.92 Å². The SMILES string of the molecule is CCC(CC)CC(N)C1(C)CC1. The summed E-state index contributed by atoms with van der Waals surface area (Å²) < 4.78 is 0. The van der Waals surface area contributed by atoms with Crippen molar-refractivity contribution in [1.82, 2.24) is 0 Å². The fourth-order valence-electron chi connectivity index (χ4n) is 1.83. The Kier molecular flexibility index (Phi) is 3.16. The van der Waals surface area contributed by atoms with Gasteiger partial charge in [-0.3, -0.25) is 0 Å². The second-order valence-electron chi connectivity index (χ2n) is 4.68. The Balaban J connectivity index is 2.29. The van der Waals surface area contributed by atoms with Crippen LogP contribution in [-0.2, 0) is 0 Å². The molecule has 0 heterocycles. The summed E-state index contributed by atoms with van der Waals surface area (Å²) in [6.45, 7) is 6.88. The molecule has 0 aromatic carbocycles. The first kappa shape index (κ1) is 10.0. The Morgan fingerprint density at radius 3 is 2.08 bits per heavy atom. The lowest BCUT2D eigenvalue weighted by molar-refractivity contribution is 0.329. The minimum Gasteiger partial charge on any atom is -0.327 e. The molecule has 1 unspecified atom stereocenters. The maximum Gasteiger partial charge on any atom is 0.00955 e. The molecule has 0 spiro atoms. The van der Waals surface area contributed by atoms with Gasteiger partial charge in [0.15, 0.2) is 0 Å². The average Bonchev–Trinajstić information content (AvgIpc) is 2.80. The second-order valence-corrected chi connectivity index (χ2v) is 4.68. The van der Waals surface area contributed by atoms with Crippen molar-refractivity contribution in [1.29, 1.82) is 0 Å². The lowest BCUT2D eigenvalue weighted by Crippen LogP contribution is -2.31. The molecule has 1 aliphatic carbocycles. The van der Waals surface area contributed by atoms with Crippen molar-refractivity contribution in [2.45, 2.75) is 58.9 Å². The van der Waals surface area contributed by atoms with E-state index >= 15 is 0 Å². The van der Waals surface area contributed by atoms with Gasteiger partial charge in [-0.25, -0.2) is 0 Å². The van der Waals surface area contributed by atoms with Crippen LogP contribution in [0.15, 0.2) is 0 Å². The molecule has 1 heteroatoms. The van der Waals surface area contributed by atoms with Gasteiger partial charge in [0, 0.05) is 6.04 Å². The van der Waals surface area contributed by atoms with Crippen molar-refractivity contribution in [2.24, 2.45) is 17.1 Å². The van der Waals surface area contributed by atoms with Crippen molar-refractivity contribution in [3.8, 4) is 0 Å². The number of hydrogen-bond donors (Lipinski definition) is 1. The van der Waals surface area contributed by atoms with Crippen LogP contribution in [0.3, 0.4) is 0 Å². The molecule has 12 heavy (non-hydrogen) atoms. The molecule has 0 saturated heterocycles. The first-order valence-corrected chi connectivity index (χ1v) is 5.38. The number of hydrogen-bond acceptors (Lipinski definition) is 1. The van der Waals surface area contributed by atoms with Crippen molar-refractivity contribution >= 4 is 0 Å². The largest absolute Gasteiger partial charge is 0.327 e. The van der Waals surface area contributed by atoms with E-state index in [1.54, 1.807) is 0 Å². The molecule has 1 nitrogen and oxygen atoms in total. The van der Waals surface area contributed by atoms with Gasteiger partial charge in [0.25, 0.3) is 0 Å². The van der Waals surface area contributed by atoms with Gasteiger partial charge in [-0.2, -0.15) is 0 Å². The fourth-order valence-corrected chi connectivity index (χ4v) is 1.83. The van der Waals surface area contributed by atoms with Crippen LogP contribution in [0.1, 0.15) is 52.9 Å². The summed E-state index contributed by atoms with van der Waals surface area (Å²) in [4.78, 5) is 0. The molecule has 1 fully saturated rings. The van der Waals surface area contributed by atoms with Crippen LogP contribution < -0.4 is 5.73 Å². The van der Waals surface area contributed by atoms with Gasteiger partial charge < -0.3 is 5.73 Å². The molecule has 0 amide bonds. The van der Waals surface area contributed by atoms with Crippen LogP contribution in [0.4, 0.5) is 0 Å². The van der Waals surface area contributed by atoms with Crippen LogP contribution in [-0.4, -0.2) is 6.04 Å². The van der Waals surface area contributed by atoms with Crippen LogP contribution in [0.2, 0.25) is 0 Å². The second kappa shape index (κ2) is 3.78. The van der Waals surface area contributed by atoms with Crippen molar-refractivity contribution in [3.05, 3.63) is 0 Å². The Morgan fingerprint density at radius 1 is 1.25 bits per heavy atom. The molecule has 2 N–H and O–H groups in total. The van der Waals surface area contributed by atoms with Gasteiger partial charge in [-0.05, 0) is 30.6 Å². The first-order valence-electron chi connectivity index (χ1n) is 5.38. The van der Waals surface area contributed by atoms with E-state index in [9.17, 15) is 0 Å². The average molecular weight is 169 g/mol. The van der Waals surface area contributed by atoms with E-state index in [4.69, 9.17) is 5.73 Å². The Bertz CT molecular complexity index is 134. The molecular formula is C11H23N. The molecule has 1 rings (SSSR count). The normalized spacial score (nSPS) is 22.8. The third kappa shape index (κ3) is 2.22. The zero-order chi connectivity index (χ0) is 9.19. The molecule has 0 bridgehead atoms. The fraction of sp³-hybridized carbons (Fsp3) is 1.00. The van der Waals surface area contributed by atoms with Crippen molar-refractivity contribution in [3.63, 3.8) is 0 Å². The van der Waals surface area contributed by atoms with E-state index in [-0.39, 0.29) is 0 Å². The lowest BCUT2D eigenvalue weighted by Gasteiger charge is -2.23. The number of nitrogens with two attached hydrogens (primary N) is 1. The monoisotopic (exact) mass is 169 g/mol. The summed E-state index contributed by atoms with van der Waals surface area (Å²) >= 11 is 0. The molecule has 0 aromatic heterocycles. The van der Waals surface area contributed by atoms with E-state index in [2.05, 4.69) is 20.8 Å². The molecular weight excluding hydrogens is 146 g/mol. The van der Waals surface area contributed by atoms with Gasteiger partial charge in [0.1, 0.15) is 0 Å². The molecule has 1 saturated carbocycles.